The Kier molecular flexibility index (Phi) is 4.28. The number of aromatic carboxylic acids is 1. The van der Waals surface area contributed by atoms with Crippen molar-refractivity contribution in [1.29, 1.82) is 0 Å². The third kappa shape index (κ3) is 2.93. The number of rotatable bonds is 5. The minimum atomic E-state index is -3.67. The van der Waals surface area contributed by atoms with Crippen molar-refractivity contribution in [2.75, 3.05) is 7.05 Å². The SMILES string of the molecule is Cc1sc(C(=O)O)cc1S(=O)(=O)N(C)Cc1cccs1. The van der Waals surface area contributed by atoms with Gasteiger partial charge in [-0.3, -0.25) is 0 Å². The molecule has 0 bridgehead atoms. The fourth-order valence-corrected chi connectivity index (χ4v) is 5.08. The van der Waals surface area contributed by atoms with Crippen LogP contribution in [-0.2, 0) is 16.6 Å². The molecule has 108 valence electrons. The summed E-state index contributed by atoms with van der Waals surface area (Å²) in [6.07, 6.45) is 0. The van der Waals surface area contributed by atoms with Crippen LogP contribution in [-0.4, -0.2) is 30.8 Å². The molecule has 8 heteroatoms. The molecule has 20 heavy (non-hydrogen) atoms. The molecule has 0 aliphatic heterocycles. The van der Waals surface area contributed by atoms with Crippen molar-refractivity contribution in [2.45, 2.75) is 18.4 Å². The Morgan fingerprint density at radius 2 is 2.15 bits per heavy atom. The molecule has 0 aliphatic rings. The third-order valence-corrected chi connectivity index (χ3v) is 6.69. The fraction of sp³-hybridized carbons (Fsp3) is 0.250. The van der Waals surface area contributed by atoms with Crippen molar-refractivity contribution in [3.05, 3.63) is 38.2 Å². The zero-order valence-electron chi connectivity index (χ0n) is 10.9. The van der Waals surface area contributed by atoms with Crippen LogP contribution in [0, 0.1) is 6.92 Å². The highest BCUT2D eigenvalue weighted by Crippen LogP contribution is 2.28. The largest absolute Gasteiger partial charge is 0.477 e. The Balaban J connectivity index is 2.32. The van der Waals surface area contributed by atoms with Crippen molar-refractivity contribution < 1.29 is 18.3 Å². The van der Waals surface area contributed by atoms with E-state index < -0.39 is 16.0 Å². The van der Waals surface area contributed by atoms with Crippen LogP contribution in [0.2, 0.25) is 0 Å². The summed E-state index contributed by atoms with van der Waals surface area (Å²) in [7, 11) is -2.18. The molecule has 0 spiro atoms. The minimum absolute atomic E-state index is 0.0330. The number of aryl methyl sites for hydroxylation is 1. The molecule has 0 atom stereocenters. The normalized spacial score (nSPS) is 11.9. The van der Waals surface area contributed by atoms with Crippen LogP contribution in [0.25, 0.3) is 0 Å². The Labute approximate surface area is 125 Å². The summed E-state index contributed by atoms with van der Waals surface area (Å²) in [6, 6.07) is 4.95. The average Bonchev–Trinajstić information content (AvgIpc) is 2.98. The molecule has 0 unspecified atom stereocenters. The van der Waals surface area contributed by atoms with E-state index in [1.807, 2.05) is 17.5 Å². The van der Waals surface area contributed by atoms with Gasteiger partial charge in [-0.05, 0) is 24.4 Å². The van der Waals surface area contributed by atoms with Gasteiger partial charge in [0.25, 0.3) is 0 Å². The first-order chi connectivity index (χ1) is 9.32. The van der Waals surface area contributed by atoms with Crippen molar-refractivity contribution in [1.82, 2.24) is 4.31 Å². The van der Waals surface area contributed by atoms with Crippen LogP contribution in [0.1, 0.15) is 19.4 Å². The van der Waals surface area contributed by atoms with Crippen LogP contribution >= 0.6 is 22.7 Å². The smallest absolute Gasteiger partial charge is 0.345 e. The maximum Gasteiger partial charge on any atom is 0.345 e. The highest BCUT2D eigenvalue weighted by Gasteiger charge is 2.26. The van der Waals surface area contributed by atoms with E-state index in [1.54, 1.807) is 6.92 Å². The predicted octanol–water partition coefficient (Wildman–Crippen LogP) is 2.64. The van der Waals surface area contributed by atoms with E-state index in [9.17, 15) is 13.2 Å². The predicted molar refractivity (Wildman–Crippen MR) is 79.0 cm³/mol. The van der Waals surface area contributed by atoms with E-state index in [1.165, 1.54) is 28.8 Å². The number of thiophene rings is 2. The van der Waals surface area contributed by atoms with Gasteiger partial charge in [0, 0.05) is 23.3 Å². The van der Waals surface area contributed by atoms with Crippen LogP contribution in [0.15, 0.2) is 28.5 Å². The molecule has 2 rings (SSSR count). The number of nitrogens with zero attached hydrogens (tertiary/aromatic N) is 1. The lowest BCUT2D eigenvalue weighted by atomic mass is 10.4. The van der Waals surface area contributed by atoms with Crippen molar-refractivity contribution in [3.63, 3.8) is 0 Å². The lowest BCUT2D eigenvalue weighted by Gasteiger charge is -2.16. The number of carbonyl (C=O) groups is 1. The summed E-state index contributed by atoms with van der Waals surface area (Å²) in [5.74, 6) is -1.11. The first-order valence-corrected chi connectivity index (χ1v) is 8.78. The van der Waals surface area contributed by atoms with Gasteiger partial charge in [-0.25, -0.2) is 13.2 Å². The van der Waals surface area contributed by atoms with Crippen LogP contribution in [0.3, 0.4) is 0 Å². The van der Waals surface area contributed by atoms with E-state index in [-0.39, 0.29) is 16.3 Å². The van der Waals surface area contributed by atoms with Crippen molar-refractivity contribution >= 4 is 38.7 Å². The number of sulfonamides is 1. The van der Waals surface area contributed by atoms with Gasteiger partial charge in [0.1, 0.15) is 4.88 Å². The molecule has 2 heterocycles. The Hall–Kier alpha value is -1.22. The van der Waals surface area contributed by atoms with Gasteiger partial charge in [-0.2, -0.15) is 4.31 Å². The Morgan fingerprint density at radius 1 is 1.45 bits per heavy atom. The molecule has 0 saturated carbocycles. The molecule has 0 aromatic carbocycles. The Bertz CT molecular complexity index is 716. The summed E-state index contributed by atoms with van der Waals surface area (Å²) in [5.41, 5.74) is 0. The van der Waals surface area contributed by atoms with Gasteiger partial charge >= 0.3 is 5.97 Å². The summed E-state index contributed by atoms with van der Waals surface area (Å²) < 4.78 is 26.2. The van der Waals surface area contributed by atoms with E-state index in [0.29, 0.717) is 4.88 Å². The van der Waals surface area contributed by atoms with Gasteiger partial charge in [0.2, 0.25) is 10.0 Å². The number of carboxylic acids is 1. The fourth-order valence-electron chi connectivity index (χ4n) is 1.70. The van der Waals surface area contributed by atoms with Gasteiger partial charge in [-0.15, -0.1) is 22.7 Å². The Morgan fingerprint density at radius 3 is 2.65 bits per heavy atom. The molecular weight excluding hydrogens is 318 g/mol. The molecule has 0 saturated heterocycles. The second-order valence-electron chi connectivity index (χ2n) is 4.18. The molecule has 2 aromatic heterocycles. The summed E-state index contributed by atoms with van der Waals surface area (Å²) in [5, 5.41) is 10.8. The maximum atomic E-state index is 12.5. The van der Waals surface area contributed by atoms with Crippen LogP contribution in [0.5, 0.6) is 0 Å². The minimum Gasteiger partial charge on any atom is -0.477 e. The lowest BCUT2D eigenvalue weighted by Crippen LogP contribution is -2.26. The zero-order valence-corrected chi connectivity index (χ0v) is 13.3. The van der Waals surface area contributed by atoms with Gasteiger partial charge in [0.05, 0.1) is 4.90 Å². The maximum absolute atomic E-state index is 12.5. The van der Waals surface area contributed by atoms with Crippen LogP contribution in [0.4, 0.5) is 0 Å². The van der Waals surface area contributed by atoms with Crippen molar-refractivity contribution in [3.8, 4) is 0 Å². The molecule has 0 fully saturated rings. The monoisotopic (exact) mass is 331 g/mol. The molecule has 1 N–H and O–H groups in total. The highest BCUT2D eigenvalue weighted by molar-refractivity contribution is 7.89. The summed E-state index contributed by atoms with van der Waals surface area (Å²) >= 11 is 2.45. The van der Waals surface area contributed by atoms with E-state index in [2.05, 4.69) is 0 Å². The molecule has 0 amide bonds. The first-order valence-electron chi connectivity index (χ1n) is 5.65. The van der Waals surface area contributed by atoms with Crippen molar-refractivity contribution in [2.24, 2.45) is 0 Å². The van der Waals surface area contributed by atoms with E-state index in [4.69, 9.17) is 5.11 Å². The second kappa shape index (κ2) is 5.65. The first kappa shape index (κ1) is 15.2. The lowest BCUT2D eigenvalue weighted by molar-refractivity contribution is 0.0702. The highest BCUT2D eigenvalue weighted by atomic mass is 32.2. The van der Waals surface area contributed by atoms with Gasteiger partial charge in [-0.1, -0.05) is 6.07 Å². The molecular formula is C12H13NO4S3. The quantitative estimate of drug-likeness (QED) is 0.914. The molecule has 0 aliphatic carbocycles. The number of hydrogen-bond donors (Lipinski definition) is 1. The summed E-state index contributed by atoms with van der Waals surface area (Å²) in [4.78, 5) is 12.4. The standard InChI is InChI=1S/C12H13NO4S3/c1-8-11(6-10(19-8)12(14)15)20(16,17)13(2)7-9-4-3-5-18-9/h3-6H,7H2,1-2H3,(H,14,15). The zero-order chi connectivity index (χ0) is 14.9. The van der Waals surface area contributed by atoms with E-state index in [0.717, 1.165) is 16.2 Å². The third-order valence-electron chi connectivity index (χ3n) is 2.73. The number of carboxylic acid groups (broad SMARTS) is 1. The average molecular weight is 331 g/mol. The van der Waals surface area contributed by atoms with Crippen LogP contribution < -0.4 is 0 Å². The topological polar surface area (TPSA) is 74.7 Å². The second-order valence-corrected chi connectivity index (χ2v) is 8.48. The molecule has 2 aromatic rings. The number of hydrogen-bond acceptors (Lipinski definition) is 5. The molecule has 5 nitrogen and oxygen atoms in total. The van der Waals surface area contributed by atoms with E-state index >= 15 is 0 Å². The van der Waals surface area contributed by atoms with Gasteiger partial charge in [0.15, 0.2) is 0 Å². The van der Waals surface area contributed by atoms with Gasteiger partial charge < -0.3 is 5.11 Å². The molecule has 0 radical (unpaired) electrons. The summed E-state index contributed by atoms with van der Waals surface area (Å²) in [6.45, 7) is 1.89.